The topological polar surface area (TPSA) is 60.4 Å². The minimum absolute atomic E-state index is 0.158. The van der Waals surface area contributed by atoms with Gasteiger partial charge in [-0.2, -0.15) is 0 Å². The van der Waals surface area contributed by atoms with E-state index in [-0.39, 0.29) is 18.8 Å². The molecule has 0 aliphatic heterocycles. The lowest BCUT2D eigenvalue weighted by Crippen LogP contribution is -2.28. The maximum Gasteiger partial charge on any atom is 0.317 e. The smallest absolute Gasteiger partial charge is 0.317 e. The first-order valence-electron chi connectivity index (χ1n) is 8.13. The van der Waals surface area contributed by atoms with Gasteiger partial charge >= 0.3 is 5.97 Å². The number of benzene rings is 2. The van der Waals surface area contributed by atoms with Crippen molar-refractivity contribution in [3.63, 3.8) is 0 Å². The van der Waals surface area contributed by atoms with Gasteiger partial charge < -0.3 is 4.74 Å². The predicted molar refractivity (Wildman–Crippen MR) is 96.0 cm³/mol. The standard InChI is InChI=1S/C21H20O4/c1-2-25-21(24)19(20(23)17-11-7-4-8-12-17)15-18(22)14-13-16-9-5-3-6-10-16/h3-14,19H,2,15H2,1H3. The highest BCUT2D eigenvalue weighted by atomic mass is 16.5. The Labute approximate surface area is 147 Å². The van der Waals surface area contributed by atoms with Crippen LogP contribution in [0.3, 0.4) is 0 Å². The number of esters is 1. The van der Waals surface area contributed by atoms with Crippen LogP contribution in [0.25, 0.3) is 6.08 Å². The second kappa shape index (κ2) is 9.33. The second-order valence-electron chi connectivity index (χ2n) is 5.45. The summed E-state index contributed by atoms with van der Waals surface area (Å²) in [4.78, 5) is 37.0. The summed E-state index contributed by atoms with van der Waals surface area (Å²) in [7, 11) is 0. The number of carbonyl (C=O) groups is 3. The molecule has 25 heavy (non-hydrogen) atoms. The third-order valence-corrected chi connectivity index (χ3v) is 3.61. The van der Waals surface area contributed by atoms with E-state index in [0.29, 0.717) is 5.56 Å². The van der Waals surface area contributed by atoms with E-state index >= 15 is 0 Å². The summed E-state index contributed by atoms with van der Waals surface area (Å²) < 4.78 is 4.97. The summed E-state index contributed by atoms with van der Waals surface area (Å²) in [6, 6.07) is 17.8. The lowest BCUT2D eigenvalue weighted by molar-refractivity contribution is -0.147. The first-order valence-corrected chi connectivity index (χ1v) is 8.13. The molecule has 0 aliphatic carbocycles. The Balaban J connectivity index is 2.13. The highest BCUT2D eigenvalue weighted by Crippen LogP contribution is 2.16. The Morgan fingerprint density at radius 2 is 1.56 bits per heavy atom. The fraction of sp³-hybridized carbons (Fsp3) is 0.190. The molecule has 0 fully saturated rings. The summed E-state index contributed by atoms with van der Waals surface area (Å²) in [5, 5.41) is 0. The molecule has 0 aliphatic rings. The van der Waals surface area contributed by atoms with Gasteiger partial charge in [0, 0.05) is 12.0 Å². The molecule has 0 bridgehead atoms. The Kier molecular flexibility index (Phi) is 6.84. The van der Waals surface area contributed by atoms with Crippen LogP contribution < -0.4 is 0 Å². The van der Waals surface area contributed by atoms with Crippen LogP contribution in [0.1, 0.15) is 29.3 Å². The van der Waals surface area contributed by atoms with Crippen molar-refractivity contribution in [2.24, 2.45) is 5.92 Å². The SMILES string of the molecule is CCOC(=O)C(CC(=O)C=Cc1ccccc1)C(=O)c1ccccc1. The normalized spacial score (nSPS) is 11.9. The molecule has 128 valence electrons. The fourth-order valence-corrected chi connectivity index (χ4v) is 2.35. The van der Waals surface area contributed by atoms with Crippen molar-refractivity contribution in [1.82, 2.24) is 0 Å². The van der Waals surface area contributed by atoms with Gasteiger partial charge in [0.15, 0.2) is 11.6 Å². The number of hydrogen-bond donors (Lipinski definition) is 0. The maximum atomic E-state index is 12.6. The quantitative estimate of drug-likeness (QED) is 0.319. The number of Topliss-reactive ketones (excluding diaryl/α,β-unsaturated/α-hetero) is 1. The molecule has 2 aromatic rings. The van der Waals surface area contributed by atoms with Crippen LogP contribution in [0, 0.1) is 5.92 Å². The van der Waals surface area contributed by atoms with E-state index < -0.39 is 17.7 Å². The second-order valence-corrected chi connectivity index (χ2v) is 5.45. The van der Waals surface area contributed by atoms with Crippen molar-refractivity contribution in [1.29, 1.82) is 0 Å². The summed E-state index contributed by atoms with van der Waals surface area (Å²) in [6.07, 6.45) is 2.84. The first kappa shape index (κ1) is 18.3. The number of ketones is 2. The molecule has 1 unspecified atom stereocenters. The molecule has 4 heteroatoms. The van der Waals surface area contributed by atoms with Gasteiger partial charge in [-0.15, -0.1) is 0 Å². The molecule has 4 nitrogen and oxygen atoms in total. The van der Waals surface area contributed by atoms with Crippen LogP contribution in [0.2, 0.25) is 0 Å². The van der Waals surface area contributed by atoms with Crippen LogP contribution in [0.15, 0.2) is 66.7 Å². The molecule has 0 saturated heterocycles. The van der Waals surface area contributed by atoms with Crippen molar-refractivity contribution in [2.75, 3.05) is 6.61 Å². The zero-order valence-electron chi connectivity index (χ0n) is 14.1. The summed E-state index contributed by atoms with van der Waals surface area (Å²) in [5.74, 6) is -2.50. The van der Waals surface area contributed by atoms with Crippen LogP contribution in [-0.4, -0.2) is 24.1 Å². The average Bonchev–Trinajstić information content (AvgIpc) is 2.65. The van der Waals surface area contributed by atoms with E-state index in [2.05, 4.69) is 0 Å². The van der Waals surface area contributed by atoms with Gasteiger partial charge in [0.1, 0.15) is 5.92 Å². The molecule has 0 spiro atoms. The molecule has 0 amide bonds. The highest BCUT2D eigenvalue weighted by molar-refractivity contribution is 6.11. The summed E-state index contributed by atoms with van der Waals surface area (Å²) >= 11 is 0. The fourth-order valence-electron chi connectivity index (χ4n) is 2.35. The zero-order chi connectivity index (χ0) is 18.1. The molecular formula is C21H20O4. The van der Waals surface area contributed by atoms with Crippen molar-refractivity contribution in [2.45, 2.75) is 13.3 Å². The Morgan fingerprint density at radius 3 is 2.16 bits per heavy atom. The van der Waals surface area contributed by atoms with Crippen molar-refractivity contribution in [3.05, 3.63) is 77.9 Å². The number of hydrogen-bond acceptors (Lipinski definition) is 4. The molecule has 0 saturated carbocycles. The van der Waals surface area contributed by atoms with Crippen LogP contribution >= 0.6 is 0 Å². The Bertz CT molecular complexity index is 748. The summed E-state index contributed by atoms with van der Waals surface area (Å²) in [6.45, 7) is 1.82. The van der Waals surface area contributed by atoms with E-state index in [0.717, 1.165) is 5.56 Å². The summed E-state index contributed by atoms with van der Waals surface area (Å²) in [5.41, 5.74) is 1.26. The first-order chi connectivity index (χ1) is 12.1. The maximum absolute atomic E-state index is 12.6. The molecule has 0 radical (unpaired) electrons. The lowest BCUT2D eigenvalue weighted by Gasteiger charge is -2.13. The third-order valence-electron chi connectivity index (χ3n) is 3.61. The zero-order valence-corrected chi connectivity index (χ0v) is 14.1. The monoisotopic (exact) mass is 336 g/mol. The minimum atomic E-state index is -1.13. The molecule has 0 N–H and O–H groups in total. The van der Waals surface area contributed by atoms with E-state index in [1.54, 1.807) is 43.3 Å². The van der Waals surface area contributed by atoms with E-state index in [1.807, 2.05) is 30.3 Å². The predicted octanol–water partition coefficient (Wildman–Crippen LogP) is 3.72. The van der Waals surface area contributed by atoms with E-state index in [4.69, 9.17) is 4.74 Å². The number of allylic oxidation sites excluding steroid dienone is 1. The Hall–Kier alpha value is -3.01. The number of ether oxygens (including phenoxy) is 1. The number of carbonyl (C=O) groups excluding carboxylic acids is 3. The largest absolute Gasteiger partial charge is 0.465 e. The lowest BCUT2D eigenvalue weighted by atomic mass is 9.92. The highest BCUT2D eigenvalue weighted by Gasteiger charge is 2.30. The van der Waals surface area contributed by atoms with Crippen LogP contribution in [-0.2, 0) is 14.3 Å². The molecular weight excluding hydrogens is 316 g/mol. The van der Waals surface area contributed by atoms with Gasteiger partial charge in [0.05, 0.1) is 6.61 Å². The minimum Gasteiger partial charge on any atom is -0.465 e. The van der Waals surface area contributed by atoms with Crippen LogP contribution in [0.5, 0.6) is 0 Å². The Morgan fingerprint density at radius 1 is 0.960 bits per heavy atom. The average molecular weight is 336 g/mol. The van der Waals surface area contributed by atoms with Gasteiger partial charge in [-0.1, -0.05) is 66.7 Å². The van der Waals surface area contributed by atoms with E-state index in [9.17, 15) is 14.4 Å². The van der Waals surface area contributed by atoms with Gasteiger partial charge in [-0.3, -0.25) is 14.4 Å². The number of rotatable bonds is 8. The van der Waals surface area contributed by atoms with Gasteiger partial charge in [-0.25, -0.2) is 0 Å². The molecule has 2 rings (SSSR count). The third kappa shape index (κ3) is 5.53. The van der Waals surface area contributed by atoms with Crippen LogP contribution in [0.4, 0.5) is 0 Å². The van der Waals surface area contributed by atoms with Gasteiger partial charge in [-0.05, 0) is 18.6 Å². The molecule has 0 heterocycles. The van der Waals surface area contributed by atoms with Crippen molar-refractivity contribution in [3.8, 4) is 0 Å². The molecule has 1 atom stereocenters. The van der Waals surface area contributed by atoms with Gasteiger partial charge in [0.2, 0.25) is 0 Å². The van der Waals surface area contributed by atoms with Gasteiger partial charge in [0.25, 0.3) is 0 Å². The van der Waals surface area contributed by atoms with E-state index in [1.165, 1.54) is 6.08 Å². The molecule has 2 aromatic carbocycles. The van der Waals surface area contributed by atoms with Crippen molar-refractivity contribution >= 4 is 23.6 Å². The molecule has 0 aromatic heterocycles. The van der Waals surface area contributed by atoms with Crippen molar-refractivity contribution < 1.29 is 19.1 Å².